The number of amides is 1. The van der Waals surface area contributed by atoms with E-state index in [9.17, 15) is 18.0 Å². The minimum absolute atomic E-state index is 0.0550. The van der Waals surface area contributed by atoms with Gasteiger partial charge in [0.05, 0.1) is 11.3 Å². The molecule has 166 valence electrons. The zero-order valence-corrected chi connectivity index (χ0v) is 16.6. The van der Waals surface area contributed by atoms with Crippen LogP contribution in [0.15, 0.2) is 24.4 Å². The molecule has 7 nitrogen and oxygen atoms in total. The zero-order valence-electron chi connectivity index (χ0n) is 16.6. The second-order valence-corrected chi connectivity index (χ2v) is 7.95. The van der Waals surface area contributed by atoms with Crippen LogP contribution >= 0.6 is 0 Å². The van der Waals surface area contributed by atoms with Crippen molar-refractivity contribution in [3.63, 3.8) is 0 Å². The molecule has 2 atom stereocenters. The predicted octanol–water partition coefficient (Wildman–Crippen LogP) is 2.46. The molecule has 3 saturated heterocycles. The molecule has 1 N–H and O–H groups in total. The number of nitrogens with zero attached hydrogens (tertiary/aromatic N) is 3. The minimum Gasteiger partial charge on any atom is -0.475 e. The highest BCUT2D eigenvalue weighted by molar-refractivity contribution is 5.78. The fraction of sp³-hybridized carbons (Fsp3) is 0.650. The smallest absolute Gasteiger partial charge is 0.475 e. The summed E-state index contributed by atoms with van der Waals surface area (Å²) in [4.78, 5) is 29.9. The lowest BCUT2D eigenvalue weighted by Crippen LogP contribution is -2.50. The molecule has 1 amide bonds. The van der Waals surface area contributed by atoms with Crippen LogP contribution in [0.4, 0.5) is 13.2 Å². The Morgan fingerprint density at radius 3 is 2.70 bits per heavy atom. The largest absolute Gasteiger partial charge is 0.490 e. The molecular weight excluding hydrogens is 403 g/mol. The van der Waals surface area contributed by atoms with Crippen LogP contribution < -0.4 is 0 Å². The van der Waals surface area contributed by atoms with Crippen LogP contribution in [0, 0.1) is 0 Å². The van der Waals surface area contributed by atoms with Gasteiger partial charge in [-0.3, -0.25) is 14.7 Å². The monoisotopic (exact) mass is 429 g/mol. The lowest BCUT2D eigenvalue weighted by Gasteiger charge is -2.41. The maximum Gasteiger partial charge on any atom is 0.490 e. The zero-order chi connectivity index (χ0) is 21.8. The predicted molar refractivity (Wildman–Crippen MR) is 100 cm³/mol. The summed E-state index contributed by atoms with van der Waals surface area (Å²) in [6.45, 7) is 4.63. The Bertz CT molecular complexity index is 747. The average Bonchev–Trinajstić information content (AvgIpc) is 3.29. The van der Waals surface area contributed by atoms with Crippen molar-refractivity contribution in [1.82, 2.24) is 14.8 Å². The van der Waals surface area contributed by atoms with E-state index >= 15 is 0 Å². The van der Waals surface area contributed by atoms with Crippen LogP contribution in [0.5, 0.6) is 0 Å². The van der Waals surface area contributed by atoms with Gasteiger partial charge in [0.25, 0.3) is 0 Å². The first-order chi connectivity index (χ1) is 14.2. The number of carbonyl (C=O) groups is 2. The summed E-state index contributed by atoms with van der Waals surface area (Å²) in [5, 5.41) is 7.12. The van der Waals surface area contributed by atoms with Gasteiger partial charge in [0.2, 0.25) is 5.91 Å². The molecule has 0 aromatic carbocycles. The van der Waals surface area contributed by atoms with Gasteiger partial charge in [0.1, 0.15) is 0 Å². The molecule has 1 aromatic rings. The molecule has 0 bridgehead atoms. The summed E-state index contributed by atoms with van der Waals surface area (Å²) in [7, 11) is 0. The van der Waals surface area contributed by atoms with Gasteiger partial charge in [0, 0.05) is 51.4 Å². The summed E-state index contributed by atoms with van der Waals surface area (Å²) in [6.07, 6.45) is 1.59. The van der Waals surface area contributed by atoms with Gasteiger partial charge in [-0.25, -0.2) is 4.79 Å². The number of hydrogen-bond acceptors (Lipinski definition) is 5. The molecule has 3 fully saturated rings. The van der Waals surface area contributed by atoms with Gasteiger partial charge in [0.15, 0.2) is 0 Å². The first kappa shape index (κ1) is 22.5. The molecule has 0 radical (unpaired) electrons. The van der Waals surface area contributed by atoms with E-state index in [4.69, 9.17) is 14.6 Å². The van der Waals surface area contributed by atoms with Gasteiger partial charge in [-0.2, -0.15) is 13.2 Å². The Morgan fingerprint density at radius 1 is 1.33 bits per heavy atom. The van der Waals surface area contributed by atoms with E-state index in [2.05, 4.69) is 20.9 Å². The van der Waals surface area contributed by atoms with Gasteiger partial charge < -0.3 is 14.7 Å². The number of ether oxygens (including phenoxy) is 1. The van der Waals surface area contributed by atoms with Crippen molar-refractivity contribution in [2.45, 2.75) is 56.5 Å². The highest BCUT2D eigenvalue weighted by Crippen LogP contribution is 2.37. The van der Waals surface area contributed by atoms with E-state index in [1.807, 2.05) is 18.3 Å². The molecular formula is C20H26F3N3O4. The molecule has 0 unspecified atom stereocenters. The Kier molecular flexibility index (Phi) is 6.97. The third-order valence-corrected chi connectivity index (χ3v) is 5.77. The lowest BCUT2D eigenvalue weighted by atomic mass is 9.89. The van der Waals surface area contributed by atoms with E-state index in [0.29, 0.717) is 11.9 Å². The van der Waals surface area contributed by atoms with E-state index < -0.39 is 12.1 Å². The number of hydrogen-bond donors (Lipinski definition) is 1. The Morgan fingerprint density at radius 2 is 2.10 bits per heavy atom. The number of carboxylic acids is 1. The van der Waals surface area contributed by atoms with Gasteiger partial charge >= 0.3 is 12.1 Å². The Labute approximate surface area is 172 Å². The molecule has 1 aromatic heterocycles. The van der Waals surface area contributed by atoms with E-state index in [0.717, 1.165) is 70.6 Å². The van der Waals surface area contributed by atoms with Crippen molar-refractivity contribution in [3.8, 4) is 0 Å². The first-order valence-corrected chi connectivity index (χ1v) is 10.0. The van der Waals surface area contributed by atoms with Crippen molar-refractivity contribution in [2.24, 2.45) is 0 Å². The van der Waals surface area contributed by atoms with Crippen LogP contribution in [0.3, 0.4) is 0 Å². The van der Waals surface area contributed by atoms with Crippen LogP contribution in [0.2, 0.25) is 0 Å². The van der Waals surface area contributed by atoms with Crippen molar-refractivity contribution >= 4 is 11.9 Å². The van der Waals surface area contributed by atoms with Gasteiger partial charge in [-0.15, -0.1) is 0 Å². The minimum atomic E-state index is -5.08. The lowest BCUT2D eigenvalue weighted by molar-refractivity contribution is -0.192. The summed E-state index contributed by atoms with van der Waals surface area (Å²) < 4.78 is 38.0. The van der Waals surface area contributed by atoms with Gasteiger partial charge in [-0.1, -0.05) is 6.07 Å². The van der Waals surface area contributed by atoms with Crippen molar-refractivity contribution in [1.29, 1.82) is 0 Å². The molecule has 1 spiro atoms. The quantitative estimate of drug-likeness (QED) is 0.795. The number of aromatic nitrogens is 1. The van der Waals surface area contributed by atoms with Crippen LogP contribution in [0.1, 0.15) is 37.8 Å². The van der Waals surface area contributed by atoms with Crippen LogP contribution in [0.25, 0.3) is 0 Å². The van der Waals surface area contributed by atoms with Crippen LogP contribution in [-0.4, -0.2) is 75.8 Å². The van der Waals surface area contributed by atoms with Crippen LogP contribution in [-0.2, 0) is 20.9 Å². The molecule has 3 aliphatic heterocycles. The number of carbonyl (C=O) groups excluding carboxylic acids is 1. The fourth-order valence-corrected chi connectivity index (χ4v) is 4.39. The number of likely N-dealkylation sites (tertiary alicyclic amines) is 2. The highest BCUT2D eigenvalue weighted by Gasteiger charge is 2.45. The molecule has 4 heterocycles. The Hall–Kier alpha value is -2.20. The fourth-order valence-electron chi connectivity index (χ4n) is 4.39. The number of rotatable bonds is 3. The number of halogens is 3. The van der Waals surface area contributed by atoms with E-state index in [-0.39, 0.29) is 5.60 Å². The summed E-state index contributed by atoms with van der Waals surface area (Å²) >= 11 is 0. The summed E-state index contributed by atoms with van der Waals surface area (Å²) in [6, 6.07) is 6.46. The first-order valence-electron chi connectivity index (χ1n) is 10.0. The second kappa shape index (κ2) is 9.30. The number of pyridine rings is 1. The maximum atomic E-state index is 12.0. The highest BCUT2D eigenvalue weighted by atomic mass is 19.4. The third-order valence-electron chi connectivity index (χ3n) is 5.77. The molecule has 0 aliphatic carbocycles. The molecule has 30 heavy (non-hydrogen) atoms. The van der Waals surface area contributed by atoms with Gasteiger partial charge in [-0.05, 0) is 37.8 Å². The number of alkyl halides is 3. The molecule has 3 aliphatic rings. The standard InChI is InChI=1S/C18H25N3O2.C2HF3O2/c22-17-5-3-9-21(17)16-6-11-23-18(12-16)7-10-20(14-18)13-15-4-1-2-8-19-15;3-2(4,5)1(6)7/h1-2,4,8,16H,3,5-7,9-14H2;(H,6,7)/t16-,18+;/m0./s1. The normalized spacial score (nSPS) is 27.2. The number of carboxylic acid groups (broad SMARTS) is 1. The summed E-state index contributed by atoms with van der Waals surface area (Å²) in [5.74, 6) is -2.41. The number of aliphatic carboxylic acids is 1. The van der Waals surface area contributed by atoms with E-state index in [1.54, 1.807) is 0 Å². The molecule has 0 saturated carbocycles. The van der Waals surface area contributed by atoms with Crippen molar-refractivity contribution < 1.29 is 32.6 Å². The second-order valence-electron chi connectivity index (χ2n) is 7.95. The average molecular weight is 429 g/mol. The molecule has 4 rings (SSSR count). The maximum absolute atomic E-state index is 12.0. The van der Waals surface area contributed by atoms with E-state index in [1.165, 1.54) is 0 Å². The third kappa shape index (κ3) is 5.69. The molecule has 10 heteroatoms. The topological polar surface area (TPSA) is 83.0 Å². The Balaban J connectivity index is 0.000000318. The van der Waals surface area contributed by atoms with Crippen molar-refractivity contribution in [3.05, 3.63) is 30.1 Å². The SMILES string of the molecule is O=C(O)C(F)(F)F.O=C1CCCN1[C@H]1CCO[C@]2(CCN(Cc3ccccn3)C2)C1. The van der Waals surface area contributed by atoms with Crippen molar-refractivity contribution in [2.75, 3.05) is 26.2 Å². The summed E-state index contributed by atoms with van der Waals surface area (Å²) in [5.41, 5.74) is 1.06.